The van der Waals surface area contributed by atoms with E-state index in [1.807, 2.05) is 0 Å². The zero-order valence-corrected chi connectivity index (χ0v) is 11.1. The maximum Gasteiger partial charge on any atom is 0.359 e. The van der Waals surface area contributed by atoms with Gasteiger partial charge in [-0.2, -0.15) is 5.10 Å². The maximum atomic E-state index is 11.7. The summed E-state index contributed by atoms with van der Waals surface area (Å²) in [6, 6.07) is 5.88. The monoisotopic (exact) mass is 289 g/mol. The average Bonchev–Trinajstić information content (AvgIpc) is 2.91. The molecule has 0 aliphatic heterocycles. The Bertz CT molecular complexity index is 708. The fourth-order valence-corrected chi connectivity index (χ4v) is 1.77. The molecule has 0 bridgehead atoms. The van der Waals surface area contributed by atoms with Gasteiger partial charge in [0.25, 0.3) is 5.69 Å². The largest absolute Gasteiger partial charge is 0.461 e. The molecule has 0 amide bonds. The van der Waals surface area contributed by atoms with Gasteiger partial charge in [-0.3, -0.25) is 14.9 Å². The molecule has 0 aliphatic carbocycles. The van der Waals surface area contributed by atoms with Crippen LogP contribution in [0.2, 0.25) is 0 Å². The van der Waals surface area contributed by atoms with Gasteiger partial charge in [0.1, 0.15) is 5.69 Å². The number of nitro groups is 1. The van der Waals surface area contributed by atoms with E-state index in [0.29, 0.717) is 6.29 Å². The number of aldehydes is 1. The number of carbonyl (C=O) groups excluding carboxylic acids is 2. The number of hydrogen-bond donors (Lipinski definition) is 0. The second-order valence-corrected chi connectivity index (χ2v) is 3.96. The van der Waals surface area contributed by atoms with E-state index in [4.69, 9.17) is 4.74 Å². The Kier molecular flexibility index (Phi) is 4.07. The van der Waals surface area contributed by atoms with Gasteiger partial charge in [-0.15, -0.1) is 0 Å². The summed E-state index contributed by atoms with van der Waals surface area (Å²) in [6.07, 6.45) is 1.70. The van der Waals surface area contributed by atoms with E-state index in [1.165, 1.54) is 24.4 Å². The van der Waals surface area contributed by atoms with E-state index in [-0.39, 0.29) is 29.2 Å². The molecule has 1 heterocycles. The van der Waals surface area contributed by atoms with Gasteiger partial charge < -0.3 is 4.74 Å². The third kappa shape index (κ3) is 2.78. The predicted octanol–water partition coefficient (Wildman–Crippen LogP) is 1.77. The van der Waals surface area contributed by atoms with E-state index in [1.54, 1.807) is 13.0 Å². The van der Waals surface area contributed by atoms with Crippen LogP contribution in [0.5, 0.6) is 0 Å². The Morgan fingerprint density at radius 3 is 2.81 bits per heavy atom. The SMILES string of the molecule is CCOC(=O)c1nn(-c2ccccc2[N+](=O)[O-])cc1C=O. The van der Waals surface area contributed by atoms with Crippen molar-refractivity contribution in [2.75, 3.05) is 6.61 Å². The molecule has 0 fully saturated rings. The first-order chi connectivity index (χ1) is 10.1. The molecule has 0 saturated carbocycles. The average molecular weight is 289 g/mol. The molecule has 8 heteroatoms. The maximum absolute atomic E-state index is 11.7. The summed E-state index contributed by atoms with van der Waals surface area (Å²) in [6.45, 7) is 1.76. The normalized spacial score (nSPS) is 10.1. The van der Waals surface area contributed by atoms with Crippen LogP contribution >= 0.6 is 0 Å². The molecule has 2 rings (SSSR count). The van der Waals surface area contributed by atoms with E-state index in [0.717, 1.165) is 4.68 Å². The Hall–Kier alpha value is -3.03. The minimum Gasteiger partial charge on any atom is -0.461 e. The smallest absolute Gasteiger partial charge is 0.359 e. The number of esters is 1. The lowest BCUT2D eigenvalue weighted by atomic mass is 10.2. The molecule has 0 spiro atoms. The number of carbonyl (C=O) groups is 2. The van der Waals surface area contributed by atoms with Gasteiger partial charge in [0.2, 0.25) is 0 Å². The molecule has 0 unspecified atom stereocenters. The lowest BCUT2D eigenvalue weighted by molar-refractivity contribution is -0.384. The summed E-state index contributed by atoms with van der Waals surface area (Å²) in [4.78, 5) is 33.1. The van der Waals surface area contributed by atoms with Crippen molar-refractivity contribution in [2.24, 2.45) is 0 Å². The molecule has 2 aromatic rings. The Labute approximate surface area is 119 Å². The minimum atomic E-state index is -0.753. The van der Waals surface area contributed by atoms with Crippen LogP contribution in [0.25, 0.3) is 5.69 Å². The van der Waals surface area contributed by atoms with Crippen LogP contribution in [0, 0.1) is 10.1 Å². The number of para-hydroxylation sites is 2. The van der Waals surface area contributed by atoms with Crippen molar-refractivity contribution < 1.29 is 19.2 Å². The van der Waals surface area contributed by atoms with Crippen molar-refractivity contribution in [3.05, 3.63) is 51.8 Å². The van der Waals surface area contributed by atoms with Crippen molar-refractivity contribution in [3.8, 4) is 5.69 Å². The number of nitrogens with zero attached hydrogens (tertiary/aromatic N) is 3. The molecule has 0 saturated heterocycles. The van der Waals surface area contributed by atoms with Gasteiger partial charge in [-0.25, -0.2) is 9.48 Å². The van der Waals surface area contributed by atoms with Crippen molar-refractivity contribution >= 4 is 17.9 Å². The number of nitro benzene ring substituents is 1. The molecular formula is C13H11N3O5. The number of hydrogen-bond acceptors (Lipinski definition) is 6. The molecule has 108 valence electrons. The van der Waals surface area contributed by atoms with E-state index in [9.17, 15) is 19.7 Å². The standard InChI is InChI=1S/C13H11N3O5/c1-2-21-13(18)12-9(8-17)7-15(14-12)10-5-3-4-6-11(10)16(19)20/h3-8H,2H2,1H3. The zero-order chi connectivity index (χ0) is 15.4. The van der Waals surface area contributed by atoms with E-state index >= 15 is 0 Å². The molecule has 21 heavy (non-hydrogen) atoms. The quantitative estimate of drug-likeness (QED) is 0.359. The van der Waals surface area contributed by atoms with E-state index in [2.05, 4.69) is 5.10 Å². The summed E-state index contributed by atoms with van der Waals surface area (Å²) >= 11 is 0. The second-order valence-electron chi connectivity index (χ2n) is 3.96. The van der Waals surface area contributed by atoms with Crippen LogP contribution < -0.4 is 0 Å². The summed E-state index contributed by atoms with van der Waals surface area (Å²) in [7, 11) is 0. The fraction of sp³-hybridized carbons (Fsp3) is 0.154. The Balaban J connectivity index is 2.54. The molecule has 0 N–H and O–H groups in total. The first-order valence-corrected chi connectivity index (χ1v) is 6.04. The van der Waals surface area contributed by atoms with Crippen LogP contribution in [0.4, 0.5) is 5.69 Å². The molecular weight excluding hydrogens is 278 g/mol. The predicted molar refractivity (Wildman–Crippen MR) is 71.6 cm³/mol. The molecule has 1 aromatic heterocycles. The summed E-state index contributed by atoms with van der Waals surface area (Å²) < 4.78 is 5.91. The van der Waals surface area contributed by atoms with Crippen LogP contribution in [0.1, 0.15) is 27.8 Å². The highest BCUT2D eigenvalue weighted by Crippen LogP contribution is 2.22. The number of rotatable bonds is 5. The minimum absolute atomic E-state index is 0.00611. The third-order valence-electron chi connectivity index (χ3n) is 2.66. The first kappa shape index (κ1) is 14.4. The highest BCUT2D eigenvalue weighted by atomic mass is 16.6. The van der Waals surface area contributed by atoms with Gasteiger partial charge in [0.05, 0.1) is 17.1 Å². The van der Waals surface area contributed by atoms with Crippen molar-refractivity contribution in [3.63, 3.8) is 0 Å². The van der Waals surface area contributed by atoms with Crippen LogP contribution in [0.3, 0.4) is 0 Å². The van der Waals surface area contributed by atoms with Crippen LogP contribution in [-0.2, 0) is 4.74 Å². The second kappa shape index (κ2) is 5.95. The Morgan fingerprint density at radius 2 is 2.19 bits per heavy atom. The number of aromatic nitrogens is 2. The lowest BCUT2D eigenvalue weighted by Gasteiger charge is -2.02. The summed E-state index contributed by atoms with van der Waals surface area (Å²) in [5.41, 5.74) is -0.203. The highest BCUT2D eigenvalue weighted by molar-refractivity contribution is 5.96. The highest BCUT2D eigenvalue weighted by Gasteiger charge is 2.21. The summed E-state index contributed by atoms with van der Waals surface area (Å²) in [5.74, 6) is -0.753. The zero-order valence-electron chi connectivity index (χ0n) is 11.1. The Morgan fingerprint density at radius 1 is 1.48 bits per heavy atom. The van der Waals surface area contributed by atoms with E-state index < -0.39 is 10.9 Å². The molecule has 1 aromatic carbocycles. The third-order valence-corrected chi connectivity index (χ3v) is 2.66. The van der Waals surface area contributed by atoms with Gasteiger partial charge in [-0.1, -0.05) is 12.1 Å². The number of benzene rings is 1. The molecule has 0 radical (unpaired) electrons. The van der Waals surface area contributed by atoms with Crippen molar-refractivity contribution in [1.29, 1.82) is 0 Å². The van der Waals surface area contributed by atoms with Gasteiger partial charge in [0.15, 0.2) is 12.0 Å². The number of ether oxygens (including phenoxy) is 1. The molecule has 8 nitrogen and oxygen atoms in total. The van der Waals surface area contributed by atoms with Crippen molar-refractivity contribution in [2.45, 2.75) is 6.92 Å². The van der Waals surface area contributed by atoms with Crippen LogP contribution in [-0.4, -0.2) is 33.6 Å². The fourth-order valence-electron chi connectivity index (χ4n) is 1.77. The van der Waals surface area contributed by atoms with Crippen molar-refractivity contribution in [1.82, 2.24) is 9.78 Å². The topological polar surface area (TPSA) is 104 Å². The summed E-state index contributed by atoms with van der Waals surface area (Å²) in [5, 5.41) is 14.9. The van der Waals surface area contributed by atoms with Gasteiger partial charge >= 0.3 is 5.97 Å². The molecule has 0 aliphatic rings. The molecule has 0 atom stereocenters. The first-order valence-electron chi connectivity index (χ1n) is 6.04. The van der Waals surface area contributed by atoms with Gasteiger partial charge in [-0.05, 0) is 13.0 Å². The lowest BCUT2D eigenvalue weighted by Crippen LogP contribution is -2.08. The van der Waals surface area contributed by atoms with Gasteiger partial charge in [0, 0.05) is 12.3 Å². The van der Waals surface area contributed by atoms with Crippen LogP contribution in [0.15, 0.2) is 30.5 Å².